The number of benzene rings is 2. The van der Waals surface area contributed by atoms with E-state index in [0.29, 0.717) is 5.92 Å². The Bertz CT molecular complexity index is 1180. The average molecular weight is 569 g/mol. The van der Waals surface area contributed by atoms with E-state index in [9.17, 15) is 4.39 Å². The molecule has 0 N–H and O–H groups in total. The van der Waals surface area contributed by atoms with Crippen LogP contribution in [0.3, 0.4) is 0 Å². The van der Waals surface area contributed by atoms with Gasteiger partial charge in [-0.1, -0.05) is 0 Å². The standard InChI is InChI=1S/C15H9F2.C9H13.C2H6Si.2ClH.Zr/c16-11-8-14-12(10-4-2-1-3-5-10)6-7-13(14)15(17)9-11;1-6-5-7(2)9(4)8(6)3;1-3-2;;;/h1-9H;6H,1-4H3;1-2H3;2*1H;/q;;;;;+2/p-2. The molecule has 0 amide bonds. The average Bonchev–Trinajstić information content (AvgIpc) is 3.16. The second-order valence-electron chi connectivity index (χ2n) is 8.75. The van der Waals surface area contributed by atoms with Crippen LogP contribution in [-0.4, -0.2) is 5.43 Å². The summed E-state index contributed by atoms with van der Waals surface area (Å²) in [6, 6.07) is 12.7. The van der Waals surface area contributed by atoms with E-state index >= 15 is 4.39 Å². The fourth-order valence-corrected chi connectivity index (χ4v) is 24.8. The largest absolute Gasteiger partial charge is 1.00 e. The summed E-state index contributed by atoms with van der Waals surface area (Å²) in [6.45, 7) is 13.9. The minimum atomic E-state index is -2.30. The van der Waals surface area contributed by atoms with E-state index in [1.54, 1.807) is 9.35 Å². The van der Waals surface area contributed by atoms with E-state index in [1.165, 1.54) is 16.7 Å². The minimum Gasteiger partial charge on any atom is -1.00 e. The van der Waals surface area contributed by atoms with Crippen LogP contribution in [0, 0.1) is 17.6 Å². The Morgan fingerprint density at radius 2 is 1.53 bits per heavy atom. The Morgan fingerprint density at radius 3 is 2.06 bits per heavy atom. The van der Waals surface area contributed by atoms with Crippen LogP contribution >= 0.6 is 0 Å². The summed E-state index contributed by atoms with van der Waals surface area (Å²) >= 11 is -2.30. The molecule has 2 aromatic rings. The Balaban J connectivity index is 0.00000181. The first-order chi connectivity index (χ1) is 14.2. The molecular formula is C26H28Cl2F2SiZr. The predicted molar refractivity (Wildman–Crippen MR) is 120 cm³/mol. The van der Waals surface area contributed by atoms with E-state index in [1.807, 2.05) is 30.3 Å². The minimum absolute atomic E-state index is 0. The van der Waals surface area contributed by atoms with Crippen molar-refractivity contribution in [1.82, 2.24) is 0 Å². The summed E-state index contributed by atoms with van der Waals surface area (Å²) in [6.07, 6.45) is 2.30. The zero-order valence-electron chi connectivity index (χ0n) is 19.3. The van der Waals surface area contributed by atoms with Crippen LogP contribution < -0.4 is 24.8 Å². The van der Waals surface area contributed by atoms with Gasteiger partial charge in [0.05, 0.1) is 0 Å². The van der Waals surface area contributed by atoms with Crippen LogP contribution in [-0.2, 0) is 20.4 Å². The van der Waals surface area contributed by atoms with Crippen LogP contribution in [0.4, 0.5) is 8.78 Å². The first-order valence-electron chi connectivity index (χ1n) is 10.5. The van der Waals surface area contributed by atoms with Crippen molar-refractivity contribution in [2.45, 2.75) is 44.4 Å². The third-order valence-corrected chi connectivity index (χ3v) is 25.4. The summed E-state index contributed by atoms with van der Waals surface area (Å²) in [5.41, 5.74) is 7.28. The SMILES string of the molecule is CC1=C(C)C(C)[C]([Zr+2]([CH]2C=C(c3ccccc3)c3cc(F)cc(F)c32)=[Si](C)C)=C1C.[Cl-].[Cl-]. The molecule has 0 nitrogen and oxygen atoms in total. The van der Waals surface area contributed by atoms with Crippen LogP contribution in [0.1, 0.15) is 48.0 Å². The Labute approximate surface area is 210 Å². The zero-order chi connectivity index (χ0) is 21.7. The van der Waals surface area contributed by atoms with Crippen molar-refractivity contribution >= 4 is 11.0 Å². The van der Waals surface area contributed by atoms with E-state index in [4.69, 9.17) is 0 Å². The Hall–Kier alpha value is -0.800. The molecule has 0 aromatic heterocycles. The van der Waals surface area contributed by atoms with Gasteiger partial charge in [-0.15, -0.1) is 0 Å². The molecule has 0 heterocycles. The van der Waals surface area contributed by atoms with Gasteiger partial charge in [-0.3, -0.25) is 0 Å². The van der Waals surface area contributed by atoms with Crippen molar-refractivity contribution < 1.29 is 54.0 Å². The van der Waals surface area contributed by atoms with Crippen LogP contribution in [0.5, 0.6) is 0 Å². The summed E-state index contributed by atoms with van der Waals surface area (Å²) < 4.78 is 31.3. The van der Waals surface area contributed by atoms with Gasteiger partial charge in [0, 0.05) is 0 Å². The second kappa shape index (κ2) is 10.6. The van der Waals surface area contributed by atoms with Gasteiger partial charge >= 0.3 is 187 Å². The van der Waals surface area contributed by atoms with Crippen molar-refractivity contribution in [1.29, 1.82) is 0 Å². The topological polar surface area (TPSA) is 0 Å². The fourth-order valence-electron chi connectivity index (χ4n) is 5.11. The van der Waals surface area contributed by atoms with Gasteiger partial charge in [0.25, 0.3) is 0 Å². The summed E-state index contributed by atoms with van der Waals surface area (Å²) in [4.78, 5) is 0. The molecule has 0 saturated carbocycles. The van der Waals surface area contributed by atoms with Crippen LogP contribution in [0.25, 0.3) is 5.57 Å². The number of fused-ring (bicyclic) bond motifs is 1. The first kappa shape index (κ1) is 27.4. The van der Waals surface area contributed by atoms with Gasteiger partial charge in [-0.2, -0.15) is 0 Å². The molecule has 0 aliphatic heterocycles. The second-order valence-corrected chi connectivity index (χ2v) is 26.2. The van der Waals surface area contributed by atoms with Crippen molar-refractivity contribution in [2.75, 3.05) is 0 Å². The van der Waals surface area contributed by atoms with Crippen molar-refractivity contribution in [3.8, 4) is 0 Å². The molecule has 2 aromatic carbocycles. The van der Waals surface area contributed by atoms with Crippen molar-refractivity contribution in [3.05, 3.63) is 96.9 Å². The maximum atomic E-state index is 15.3. The van der Waals surface area contributed by atoms with E-state index in [0.717, 1.165) is 28.3 Å². The molecule has 0 radical (unpaired) electrons. The molecule has 0 saturated heterocycles. The van der Waals surface area contributed by atoms with E-state index in [2.05, 4.69) is 46.9 Å². The van der Waals surface area contributed by atoms with Gasteiger partial charge in [0.2, 0.25) is 0 Å². The number of hydrogen-bond acceptors (Lipinski definition) is 0. The quantitative estimate of drug-likeness (QED) is 0.494. The molecule has 0 spiro atoms. The smallest absolute Gasteiger partial charge is 1.00 e. The molecule has 2 unspecified atom stereocenters. The molecule has 168 valence electrons. The number of rotatable bonds is 3. The van der Waals surface area contributed by atoms with Crippen molar-refractivity contribution in [3.63, 3.8) is 0 Å². The molecular weight excluding hydrogens is 540 g/mol. The maximum Gasteiger partial charge on any atom is -1.00 e. The molecule has 0 fully saturated rings. The number of halogens is 4. The molecule has 32 heavy (non-hydrogen) atoms. The van der Waals surface area contributed by atoms with Gasteiger partial charge < -0.3 is 24.8 Å². The monoisotopic (exact) mass is 566 g/mol. The molecule has 2 aliphatic rings. The normalized spacial score (nSPS) is 19.0. The van der Waals surface area contributed by atoms with Crippen LogP contribution in [0.2, 0.25) is 13.1 Å². The summed E-state index contributed by atoms with van der Waals surface area (Å²) in [7, 11) is 0. The maximum absolute atomic E-state index is 15.3. The van der Waals surface area contributed by atoms with Gasteiger partial charge in [0.15, 0.2) is 0 Å². The molecule has 6 heteroatoms. The Morgan fingerprint density at radius 1 is 0.906 bits per heavy atom. The van der Waals surface area contributed by atoms with Gasteiger partial charge in [0.1, 0.15) is 0 Å². The van der Waals surface area contributed by atoms with E-state index in [-0.39, 0.29) is 34.3 Å². The number of allylic oxidation sites excluding steroid dienone is 5. The molecule has 4 rings (SSSR count). The first-order valence-corrected chi connectivity index (χ1v) is 19.4. The third-order valence-electron chi connectivity index (χ3n) is 6.89. The third kappa shape index (κ3) is 4.58. The Kier molecular flexibility index (Phi) is 9.12. The zero-order valence-corrected chi connectivity index (χ0v) is 24.3. The van der Waals surface area contributed by atoms with E-state index < -0.39 is 31.6 Å². The number of hydrogen-bond donors (Lipinski definition) is 0. The molecule has 2 aliphatic carbocycles. The molecule has 0 bridgehead atoms. The van der Waals surface area contributed by atoms with Gasteiger partial charge in [-0.05, 0) is 0 Å². The summed E-state index contributed by atoms with van der Waals surface area (Å²) in [5.74, 6) is -0.403. The molecule has 2 atom stereocenters. The van der Waals surface area contributed by atoms with Crippen LogP contribution in [0.15, 0.2) is 68.5 Å². The summed E-state index contributed by atoms with van der Waals surface area (Å²) in [5, 5.41) is 0. The fraction of sp³-hybridized carbons (Fsp3) is 0.308. The van der Waals surface area contributed by atoms with Crippen molar-refractivity contribution in [2.24, 2.45) is 5.92 Å². The predicted octanol–water partition coefficient (Wildman–Crippen LogP) is 1.59. The van der Waals surface area contributed by atoms with Gasteiger partial charge in [-0.25, -0.2) is 0 Å².